The van der Waals surface area contributed by atoms with Crippen LogP contribution in [0.1, 0.15) is 6.92 Å². The Morgan fingerprint density at radius 2 is 1.95 bits per heavy atom. The molecule has 2 atom stereocenters. The number of urea groups is 1. The molecule has 0 radical (unpaired) electrons. The highest BCUT2D eigenvalue weighted by atomic mass is 16.2. The van der Waals surface area contributed by atoms with Crippen LogP contribution in [0, 0.1) is 5.92 Å². The molecule has 0 aliphatic carbocycles. The van der Waals surface area contributed by atoms with Gasteiger partial charge in [0.05, 0.1) is 0 Å². The summed E-state index contributed by atoms with van der Waals surface area (Å²) in [5, 5.41) is 0. The zero-order chi connectivity index (χ0) is 15.0. The van der Waals surface area contributed by atoms with Crippen LogP contribution in [0.15, 0.2) is 0 Å². The highest BCUT2D eigenvalue weighted by Crippen LogP contribution is 2.20. The van der Waals surface area contributed by atoms with Crippen LogP contribution in [0.3, 0.4) is 0 Å². The highest BCUT2D eigenvalue weighted by Gasteiger charge is 2.38. The number of likely N-dealkylation sites (tertiary alicyclic amines) is 1. The van der Waals surface area contributed by atoms with Gasteiger partial charge in [-0.25, -0.2) is 4.79 Å². The van der Waals surface area contributed by atoms with Crippen molar-refractivity contribution in [3.05, 3.63) is 0 Å². The number of amides is 4. The molecule has 2 aliphatic rings. The number of rotatable bonds is 3. The first-order valence-electron chi connectivity index (χ1n) is 6.81. The Kier molecular flexibility index (Phi) is 3.99. The summed E-state index contributed by atoms with van der Waals surface area (Å²) in [5.41, 5.74) is 0. The summed E-state index contributed by atoms with van der Waals surface area (Å²) in [5.74, 6) is -0.0675. The van der Waals surface area contributed by atoms with Crippen LogP contribution in [0.2, 0.25) is 0 Å². The van der Waals surface area contributed by atoms with Gasteiger partial charge in [0.25, 0.3) is 5.91 Å². The molecule has 2 fully saturated rings. The van der Waals surface area contributed by atoms with Crippen molar-refractivity contribution in [3.8, 4) is 0 Å². The molecule has 0 spiro atoms. The van der Waals surface area contributed by atoms with E-state index in [1.54, 1.807) is 11.9 Å². The molecule has 0 N–H and O–H groups in total. The van der Waals surface area contributed by atoms with Crippen molar-refractivity contribution in [1.82, 2.24) is 19.6 Å². The van der Waals surface area contributed by atoms with Gasteiger partial charge in [0.1, 0.15) is 13.1 Å². The van der Waals surface area contributed by atoms with Gasteiger partial charge in [-0.15, -0.1) is 0 Å². The number of hydrogen-bond donors (Lipinski definition) is 0. The largest absolute Gasteiger partial charge is 0.339 e. The molecular weight excluding hydrogens is 260 g/mol. The molecule has 112 valence electrons. The summed E-state index contributed by atoms with van der Waals surface area (Å²) in [7, 11) is 5.56. The number of nitrogens with zero attached hydrogens (tertiary/aromatic N) is 4. The molecule has 0 aromatic carbocycles. The molecule has 2 rings (SSSR count). The number of hydrogen-bond acceptors (Lipinski definition) is 4. The van der Waals surface area contributed by atoms with Gasteiger partial charge >= 0.3 is 6.03 Å². The van der Waals surface area contributed by atoms with Gasteiger partial charge in [-0.1, -0.05) is 6.92 Å². The fourth-order valence-corrected chi connectivity index (χ4v) is 2.89. The van der Waals surface area contributed by atoms with Crippen molar-refractivity contribution in [2.24, 2.45) is 5.92 Å². The smallest absolute Gasteiger partial charge is 0.327 e. The predicted molar refractivity (Wildman–Crippen MR) is 73.0 cm³/mol. The third kappa shape index (κ3) is 2.63. The highest BCUT2D eigenvalue weighted by molar-refractivity contribution is 6.04. The van der Waals surface area contributed by atoms with Gasteiger partial charge in [0.15, 0.2) is 0 Å². The van der Waals surface area contributed by atoms with Crippen molar-refractivity contribution in [2.75, 3.05) is 47.3 Å². The summed E-state index contributed by atoms with van der Waals surface area (Å²) in [4.78, 5) is 41.9. The zero-order valence-electron chi connectivity index (χ0n) is 12.5. The van der Waals surface area contributed by atoms with E-state index in [1.165, 1.54) is 4.90 Å². The van der Waals surface area contributed by atoms with Crippen LogP contribution in [0.25, 0.3) is 0 Å². The van der Waals surface area contributed by atoms with E-state index >= 15 is 0 Å². The first-order chi connectivity index (χ1) is 9.31. The van der Waals surface area contributed by atoms with E-state index in [0.29, 0.717) is 25.0 Å². The third-order valence-electron chi connectivity index (χ3n) is 4.11. The number of likely N-dealkylation sites (N-methyl/N-ethyl adjacent to an activating group) is 2. The third-order valence-corrected chi connectivity index (χ3v) is 4.11. The van der Waals surface area contributed by atoms with Gasteiger partial charge in [-0.05, 0) is 20.0 Å². The van der Waals surface area contributed by atoms with Crippen LogP contribution < -0.4 is 0 Å². The molecule has 20 heavy (non-hydrogen) atoms. The lowest BCUT2D eigenvalue weighted by Crippen LogP contribution is -2.43. The van der Waals surface area contributed by atoms with Crippen LogP contribution in [-0.2, 0) is 9.59 Å². The minimum atomic E-state index is -0.389. The van der Waals surface area contributed by atoms with E-state index in [4.69, 9.17) is 0 Å². The van der Waals surface area contributed by atoms with E-state index in [1.807, 2.05) is 14.1 Å². The molecule has 2 heterocycles. The Morgan fingerprint density at radius 3 is 2.40 bits per heavy atom. The van der Waals surface area contributed by atoms with Crippen molar-refractivity contribution in [1.29, 1.82) is 0 Å². The van der Waals surface area contributed by atoms with Gasteiger partial charge < -0.3 is 14.7 Å². The lowest BCUT2D eigenvalue weighted by molar-refractivity contribution is -0.135. The average Bonchev–Trinajstić information content (AvgIpc) is 2.85. The fourth-order valence-electron chi connectivity index (χ4n) is 2.89. The maximum absolute atomic E-state index is 12.3. The summed E-state index contributed by atoms with van der Waals surface area (Å²) >= 11 is 0. The molecule has 0 aromatic heterocycles. The first-order valence-corrected chi connectivity index (χ1v) is 6.81. The molecule has 0 saturated carbocycles. The Hall–Kier alpha value is -1.63. The minimum absolute atomic E-state index is 0.0584. The molecular formula is C13H22N4O3. The van der Waals surface area contributed by atoms with Gasteiger partial charge in [0, 0.05) is 26.2 Å². The van der Waals surface area contributed by atoms with E-state index in [0.717, 1.165) is 4.90 Å². The fraction of sp³-hybridized carbons (Fsp3) is 0.769. The van der Waals surface area contributed by atoms with Crippen LogP contribution in [0.4, 0.5) is 4.79 Å². The second-order valence-electron chi connectivity index (χ2n) is 5.93. The average molecular weight is 282 g/mol. The minimum Gasteiger partial charge on any atom is -0.339 e. The molecule has 0 unspecified atom stereocenters. The van der Waals surface area contributed by atoms with Crippen molar-refractivity contribution in [2.45, 2.75) is 13.0 Å². The summed E-state index contributed by atoms with van der Waals surface area (Å²) in [6.07, 6.45) is 0. The Morgan fingerprint density at radius 1 is 1.30 bits per heavy atom. The van der Waals surface area contributed by atoms with E-state index in [2.05, 4.69) is 11.8 Å². The predicted octanol–water partition coefficient (Wildman–Crippen LogP) is -0.711. The number of carbonyl (C=O) groups is 3. The molecule has 0 bridgehead atoms. The summed E-state index contributed by atoms with van der Waals surface area (Å²) in [6.45, 7) is 3.35. The summed E-state index contributed by atoms with van der Waals surface area (Å²) < 4.78 is 0. The number of carbonyl (C=O) groups excluding carboxylic acids is 3. The van der Waals surface area contributed by atoms with E-state index in [-0.39, 0.29) is 30.9 Å². The Balaban J connectivity index is 1.97. The zero-order valence-corrected chi connectivity index (χ0v) is 12.5. The molecule has 2 aliphatic heterocycles. The summed E-state index contributed by atoms with van der Waals surface area (Å²) in [6, 6.07) is -0.0636. The molecule has 2 saturated heterocycles. The second-order valence-corrected chi connectivity index (χ2v) is 5.93. The normalized spacial score (nSPS) is 27.1. The Labute approximate surface area is 119 Å². The molecule has 7 heteroatoms. The molecule has 0 aromatic rings. The van der Waals surface area contributed by atoms with Gasteiger partial charge in [-0.2, -0.15) is 0 Å². The van der Waals surface area contributed by atoms with Crippen molar-refractivity contribution >= 4 is 17.8 Å². The van der Waals surface area contributed by atoms with E-state index < -0.39 is 0 Å². The second kappa shape index (κ2) is 5.40. The number of imide groups is 1. The quantitative estimate of drug-likeness (QED) is 0.641. The molecule has 7 nitrogen and oxygen atoms in total. The lowest BCUT2D eigenvalue weighted by Gasteiger charge is -2.23. The van der Waals surface area contributed by atoms with E-state index in [9.17, 15) is 14.4 Å². The molecule has 4 amide bonds. The SMILES string of the molecule is C[C@@H]1CN(C(=O)CN2C(=O)CN(C)C2=O)C[C@H]1N(C)C. The van der Waals surface area contributed by atoms with Crippen LogP contribution >= 0.6 is 0 Å². The lowest BCUT2D eigenvalue weighted by atomic mass is 10.1. The van der Waals surface area contributed by atoms with Crippen LogP contribution in [0.5, 0.6) is 0 Å². The Bertz CT molecular complexity index is 437. The first kappa shape index (κ1) is 14.8. The standard InChI is InChI=1S/C13H22N4O3/c1-9-5-16(6-10(9)14(2)3)11(18)8-17-12(19)7-15(4)13(17)20/h9-10H,5-8H2,1-4H3/t9-,10-/m1/s1. The van der Waals surface area contributed by atoms with Crippen molar-refractivity contribution in [3.63, 3.8) is 0 Å². The van der Waals surface area contributed by atoms with Crippen LogP contribution in [-0.4, -0.2) is 90.8 Å². The van der Waals surface area contributed by atoms with Gasteiger partial charge in [-0.3, -0.25) is 14.5 Å². The maximum Gasteiger partial charge on any atom is 0.327 e. The van der Waals surface area contributed by atoms with Gasteiger partial charge in [0.2, 0.25) is 5.91 Å². The topological polar surface area (TPSA) is 64.2 Å². The monoisotopic (exact) mass is 282 g/mol. The van der Waals surface area contributed by atoms with Crippen molar-refractivity contribution < 1.29 is 14.4 Å². The maximum atomic E-state index is 12.3.